The molecule has 5 heterocycles. The van der Waals surface area contributed by atoms with E-state index in [2.05, 4.69) is 22.2 Å². The highest BCUT2D eigenvalue weighted by Crippen LogP contribution is 2.29. The Morgan fingerprint density at radius 3 is 3.00 bits per heavy atom. The first kappa shape index (κ1) is 21.3. The summed E-state index contributed by atoms with van der Waals surface area (Å²) in [5, 5.41) is 20.1. The maximum Gasteiger partial charge on any atom is 0.257 e. The van der Waals surface area contributed by atoms with Crippen molar-refractivity contribution in [3.05, 3.63) is 58.1 Å². The van der Waals surface area contributed by atoms with E-state index in [9.17, 15) is 9.90 Å². The van der Waals surface area contributed by atoms with Crippen LogP contribution in [0.5, 0.6) is 5.88 Å². The van der Waals surface area contributed by atoms with E-state index in [-0.39, 0.29) is 18.3 Å². The molecule has 1 aliphatic heterocycles. The van der Waals surface area contributed by atoms with Gasteiger partial charge in [0.2, 0.25) is 0 Å². The van der Waals surface area contributed by atoms with E-state index in [1.807, 2.05) is 24.4 Å². The number of carbonyl (C=O) groups is 1. The highest BCUT2D eigenvalue weighted by atomic mass is 32.1. The Balaban J connectivity index is 1.51. The van der Waals surface area contributed by atoms with Gasteiger partial charge in [-0.05, 0) is 41.9 Å². The number of carbonyl (C=O) groups excluding carboxylic acids is 1. The van der Waals surface area contributed by atoms with Crippen molar-refractivity contribution < 1.29 is 14.4 Å². The summed E-state index contributed by atoms with van der Waals surface area (Å²) in [5.41, 5.74) is 3.75. The third-order valence-corrected chi connectivity index (χ3v) is 6.74. The first-order valence-corrected chi connectivity index (χ1v) is 11.8. The molecule has 4 aromatic rings. The normalized spacial score (nSPS) is 13.3. The minimum Gasteiger partial charge on any atom is -0.491 e. The molecule has 0 bridgehead atoms. The maximum absolute atomic E-state index is 13.5. The van der Waals surface area contributed by atoms with Gasteiger partial charge in [-0.3, -0.25) is 4.79 Å². The molecule has 0 saturated heterocycles. The lowest BCUT2D eigenvalue weighted by molar-refractivity contribution is 0.0727. The molecule has 5 rings (SSSR count). The Labute approximate surface area is 194 Å². The minimum absolute atomic E-state index is 0.135. The lowest BCUT2D eigenvalue weighted by Crippen LogP contribution is -2.36. The molecule has 0 spiro atoms. The van der Waals surface area contributed by atoms with Crippen molar-refractivity contribution >= 4 is 17.2 Å². The van der Waals surface area contributed by atoms with Gasteiger partial charge in [-0.2, -0.15) is 5.10 Å². The Hall–Kier alpha value is -3.53. The summed E-state index contributed by atoms with van der Waals surface area (Å²) >= 11 is 1.62. The molecular formula is C23H24N6O3S. The zero-order chi connectivity index (χ0) is 22.9. The molecule has 4 aromatic heterocycles. The van der Waals surface area contributed by atoms with E-state index in [1.54, 1.807) is 33.3 Å². The predicted molar refractivity (Wildman–Crippen MR) is 122 cm³/mol. The van der Waals surface area contributed by atoms with E-state index >= 15 is 0 Å². The van der Waals surface area contributed by atoms with Gasteiger partial charge in [0.25, 0.3) is 17.7 Å². The van der Waals surface area contributed by atoms with E-state index in [1.165, 1.54) is 0 Å². The van der Waals surface area contributed by atoms with Crippen molar-refractivity contribution in [2.75, 3.05) is 6.54 Å². The van der Waals surface area contributed by atoms with Gasteiger partial charge in [-0.15, -0.1) is 11.3 Å². The van der Waals surface area contributed by atoms with Gasteiger partial charge in [-0.25, -0.2) is 14.6 Å². The lowest BCUT2D eigenvalue weighted by atomic mass is 10.1. The molecule has 9 nitrogen and oxygen atoms in total. The second-order valence-corrected chi connectivity index (χ2v) is 9.03. The average Bonchev–Trinajstić information content (AvgIpc) is 3.58. The third kappa shape index (κ3) is 3.91. The van der Waals surface area contributed by atoms with Crippen LogP contribution in [0.2, 0.25) is 0 Å². The Morgan fingerprint density at radius 2 is 2.21 bits per heavy atom. The molecule has 33 heavy (non-hydrogen) atoms. The highest BCUT2D eigenvalue weighted by molar-refractivity contribution is 7.13. The molecule has 10 heteroatoms. The lowest BCUT2D eigenvalue weighted by Gasteiger charge is -2.25. The fourth-order valence-corrected chi connectivity index (χ4v) is 4.82. The molecule has 0 unspecified atom stereocenters. The zero-order valence-electron chi connectivity index (χ0n) is 18.5. The van der Waals surface area contributed by atoms with Crippen molar-refractivity contribution in [1.29, 1.82) is 0 Å². The standard InChI is InChI=1S/C23H24N6O3S/c1-3-4-6-17-15(22(31)28-9-8-18-16(13-28)21(30)27-32-18)12-25-29(17)23-24-11-14(2)20(26-23)19-7-5-10-33-19/h5,7,10-12H,3-4,6,8-9,13H2,1-2H3,(H,27,30). The first-order chi connectivity index (χ1) is 16.1. The van der Waals surface area contributed by atoms with Crippen LogP contribution < -0.4 is 0 Å². The number of rotatable bonds is 6. The van der Waals surface area contributed by atoms with Crippen LogP contribution in [-0.2, 0) is 19.4 Å². The summed E-state index contributed by atoms with van der Waals surface area (Å²) in [6.07, 6.45) is 6.48. The monoisotopic (exact) mass is 464 g/mol. The van der Waals surface area contributed by atoms with E-state index < -0.39 is 0 Å². The molecule has 0 aliphatic carbocycles. The number of nitrogens with zero attached hydrogens (tertiary/aromatic N) is 6. The number of fused-ring (bicyclic) bond motifs is 1. The van der Waals surface area contributed by atoms with Gasteiger partial charge in [0.05, 0.1) is 40.1 Å². The van der Waals surface area contributed by atoms with Crippen LogP contribution in [0.4, 0.5) is 0 Å². The molecular weight excluding hydrogens is 440 g/mol. The topological polar surface area (TPSA) is 110 Å². The van der Waals surface area contributed by atoms with Crippen LogP contribution in [0, 0.1) is 6.92 Å². The number of unbranched alkanes of at least 4 members (excludes halogenated alkanes) is 1. The Morgan fingerprint density at radius 1 is 1.33 bits per heavy atom. The molecule has 0 radical (unpaired) electrons. The smallest absolute Gasteiger partial charge is 0.257 e. The molecule has 0 atom stereocenters. The number of aryl methyl sites for hydroxylation is 1. The molecule has 0 fully saturated rings. The van der Waals surface area contributed by atoms with Crippen molar-refractivity contribution in [1.82, 2.24) is 29.8 Å². The molecule has 1 aliphatic rings. The van der Waals surface area contributed by atoms with Gasteiger partial charge in [-0.1, -0.05) is 19.4 Å². The number of thiophene rings is 1. The largest absolute Gasteiger partial charge is 0.491 e. The van der Waals surface area contributed by atoms with Crippen LogP contribution in [0.25, 0.3) is 16.5 Å². The van der Waals surface area contributed by atoms with E-state index in [4.69, 9.17) is 9.51 Å². The van der Waals surface area contributed by atoms with Gasteiger partial charge >= 0.3 is 0 Å². The van der Waals surface area contributed by atoms with Crippen molar-refractivity contribution in [2.45, 2.75) is 46.1 Å². The fourth-order valence-electron chi connectivity index (χ4n) is 4.05. The fraction of sp³-hybridized carbons (Fsp3) is 0.348. The van der Waals surface area contributed by atoms with Gasteiger partial charge in [0.15, 0.2) is 0 Å². The minimum atomic E-state index is -0.154. The summed E-state index contributed by atoms with van der Waals surface area (Å²) < 4.78 is 6.83. The van der Waals surface area contributed by atoms with Crippen LogP contribution in [-0.4, -0.2) is 47.4 Å². The van der Waals surface area contributed by atoms with E-state index in [0.717, 1.165) is 34.7 Å². The molecule has 0 aromatic carbocycles. The first-order valence-electron chi connectivity index (χ1n) is 11.0. The van der Waals surface area contributed by atoms with Gasteiger partial charge in [0.1, 0.15) is 5.76 Å². The summed E-state index contributed by atoms with van der Waals surface area (Å²) in [6, 6.07) is 4.03. The Kier molecular flexibility index (Phi) is 5.67. The molecule has 170 valence electrons. The quantitative estimate of drug-likeness (QED) is 0.460. The maximum atomic E-state index is 13.5. The number of hydrogen-bond donors (Lipinski definition) is 1. The van der Waals surface area contributed by atoms with Crippen molar-refractivity contribution in [3.63, 3.8) is 0 Å². The summed E-state index contributed by atoms with van der Waals surface area (Å²) in [6.45, 7) is 4.84. The van der Waals surface area contributed by atoms with Crippen molar-refractivity contribution in [2.24, 2.45) is 0 Å². The molecule has 0 saturated carbocycles. The summed E-state index contributed by atoms with van der Waals surface area (Å²) in [4.78, 5) is 25.6. The number of aromatic hydroxyl groups is 1. The van der Waals surface area contributed by atoms with E-state index in [0.29, 0.717) is 42.2 Å². The second kappa shape index (κ2) is 8.78. The predicted octanol–water partition coefficient (Wildman–Crippen LogP) is 3.93. The summed E-state index contributed by atoms with van der Waals surface area (Å²) in [7, 11) is 0. The third-order valence-electron chi connectivity index (χ3n) is 5.86. The van der Waals surface area contributed by atoms with Gasteiger partial charge in [0, 0.05) is 19.2 Å². The van der Waals surface area contributed by atoms with Crippen LogP contribution in [0.1, 0.15) is 52.7 Å². The molecule has 1 N–H and O–H groups in total. The number of amides is 1. The molecule has 1 amide bonds. The van der Waals surface area contributed by atoms with Crippen molar-refractivity contribution in [3.8, 4) is 22.4 Å². The highest BCUT2D eigenvalue weighted by Gasteiger charge is 2.30. The number of hydrogen-bond acceptors (Lipinski definition) is 8. The van der Waals surface area contributed by atoms with Gasteiger partial charge < -0.3 is 14.5 Å². The zero-order valence-corrected chi connectivity index (χ0v) is 19.3. The number of aromatic nitrogens is 5. The second-order valence-electron chi connectivity index (χ2n) is 8.08. The Bertz CT molecular complexity index is 1290. The summed E-state index contributed by atoms with van der Waals surface area (Å²) in [5.74, 6) is 0.794. The van der Waals surface area contributed by atoms with Crippen LogP contribution >= 0.6 is 11.3 Å². The van der Waals surface area contributed by atoms with Crippen LogP contribution in [0.3, 0.4) is 0 Å². The average molecular weight is 465 g/mol. The SMILES string of the molecule is CCCCc1c(C(=O)N2CCc3onc(O)c3C2)cnn1-c1ncc(C)c(-c2cccs2)n1. The van der Waals surface area contributed by atoms with Crippen LogP contribution in [0.15, 0.2) is 34.4 Å².